The number of hydrogen-bond donors (Lipinski definition) is 2. The quantitative estimate of drug-likeness (QED) is 0.608. The van der Waals surface area contributed by atoms with Gasteiger partial charge in [-0.2, -0.15) is 0 Å². The lowest BCUT2D eigenvalue weighted by Gasteiger charge is -2.32. The van der Waals surface area contributed by atoms with Crippen LogP contribution in [-0.4, -0.2) is 38.5 Å². The molecule has 0 bridgehead atoms. The van der Waals surface area contributed by atoms with Crippen LogP contribution >= 0.6 is 0 Å². The highest BCUT2D eigenvalue weighted by Crippen LogP contribution is 2.23. The Labute approximate surface area is 176 Å². The van der Waals surface area contributed by atoms with Crippen LogP contribution in [0.2, 0.25) is 0 Å². The molecule has 0 saturated carbocycles. The van der Waals surface area contributed by atoms with E-state index in [4.69, 9.17) is 4.52 Å². The van der Waals surface area contributed by atoms with Gasteiger partial charge in [0.25, 0.3) is 5.91 Å². The molecular weight excluding hydrogens is 378 g/mol. The second-order valence-electron chi connectivity index (χ2n) is 8.09. The van der Waals surface area contributed by atoms with Gasteiger partial charge in [0.15, 0.2) is 5.76 Å². The number of rotatable bonds is 7. The number of amides is 1. The van der Waals surface area contributed by atoms with E-state index >= 15 is 0 Å². The summed E-state index contributed by atoms with van der Waals surface area (Å²) in [5, 5.41) is 7.59. The maximum atomic E-state index is 13.2. The first kappa shape index (κ1) is 20.2. The molecule has 1 atom stereocenters. The van der Waals surface area contributed by atoms with Gasteiger partial charge in [-0.1, -0.05) is 19.0 Å². The van der Waals surface area contributed by atoms with E-state index in [1.807, 2.05) is 36.1 Å². The standard InChI is InChI=1S/C23H29N5O2/c1-4-28(23(29)22-13-21-19(26-22)9-6-10-24-21)17-8-5-7-16(11-17)25-14-18-12-20(15(2)3)27-30-18/h6,9-13,15,17,25-26H,4-5,7-8,14H2,1-3H3/t17-/m0/s1. The Hall–Kier alpha value is -3.09. The van der Waals surface area contributed by atoms with Crippen LogP contribution in [0.1, 0.15) is 67.9 Å². The number of aromatic nitrogens is 3. The molecule has 7 nitrogen and oxygen atoms in total. The highest BCUT2D eigenvalue weighted by atomic mass is 16.5. The van der Waals surface area contributed by atoms with E-state index in [1.165, 1.54) is 0 Å². The number of nitrogens with zero attached hydrogens (tertiary/aromatic N) is 3. The summed E-state index contributed by atoms with van der Waals surface area (Å²) in [7, 11) is 0. The average molecular weight is 408 g/mol. The van der Waals surface area contributed by atoms with Crippen molar-refractivity contribution in [3.8, 4) is 0 Å². The molecule has 1 aliphatic rings. The Bertz CT molecular complexity index is 1020. The second kappa shape index (κ2) is 8.73. The molecule has 4 rings (SSSR count). The van der Waals surface area contributed by atoms with Crippen molar-refractivity contribution in [3.63, 3.8) is 0 Å². The van der Waals surface area contributed by atoms with Crippen LogP contribution in [0, 0.1) is 0 Å². The van der Waals surface area contributed by atoms with Gasteiger partial charge in [-0.05, 0) is 56.4 Å². The van der Waals surface area contributed by atoms with Crippen LogP contribution in [0.3, 0.4) is 0 Å². The molecule has 3 aromatic rings. The Morgan fingerprint density at radius 3 is 3.00 bits per heavy atom. The zero-order valence-corrected chi connectivity index (χ0v) is 17.8. The molecule has 1 aliphatic carbocycles. The normalized spacial score (nSPS) is 16.7. The van der Waals surface area contributed by atoms with Gasteiger partial charge >= 0.3 is 0 Å². The number of pyridine rings is 1. The summed E-state index contributed by atoms with van der Waals surface area (Å²) in [5.74, 6) is 1.19. The molecule has 2 N–H and O–H groups in total. The number of carbonyl (C=O) groups excluding carboxylic acids is 1. The molecule has 0 saturated heterocycles. The van der Waals surface area contributed by atoms with Crippen LogP contribution in [0.25, 0.3) is 11.0 Å². The summed E-state index contributed by atoms with van der Waals surface area (Å²) >= 11 is 0. The molecule has 158 valence electrons. The van der Waals surface area contributed by atoms with Gasteiger partial charge in [0.2, 0.25) is 0 Å². The number of carbonyl (C=O) groups is 1. The van der Waals surface area contributed by atoms with E-state index in [0.717, 1.165) is 47.4 Å². The summed E-state index contributed by atoms with van der Waals surface area (Å²) in [4.78, 5) is 22.6. The van der Waals surface area contributed by atoms with E-state index in [1.54, 1.807) is 6.20 Å². The molecule has 1 amide bonds. The smallest absolute Gasteiger partial charge is 0.270 e. The molecule has 7 heteroatoms. The van der Waals surface area contributed by atoms with Gasteiger partial charge in [-0.15, -0.1) is 0 Å². The minimum absolute atomic E-state index is 0.00908. The van der Waals surface area contributed by atoms with Crippen molar-refractivity contribution in [1.29, 1.82) is 0 Å². The number of hydrogen-bond acceptors (Lipinski definition) is 5. The van der Waals surface area contributed by atoms with E-state index in [9.17, 15) is 4.79 Å². The maximum absolute atomic E-state index is 13.2. The van der Waals surface area contributed by atoms with E-state index < -0.39 is 0 Å². The van der Waals surface area contributed by atoms with Gasteiger partial charge in [0.05, 0.1) is 29.3 Å². The fourth-order valence-corrected chi connectivity index (χ4v) is 3.93. The lowest BCUT2D eigenvalue weighted by atomic mass is 9.98. The van der Waals surface area contributed by atoms with Crippen LogP contribution in [0.4, 0.5) is 0 Å². The summed E-state index contributed by atoms with van der Waals surface area (Å²) in [6.45, 7) is 7.48. The number of fused-ring (bicyclic) bond motifs is 1. The van der Waals surface area contributed by atoms with Crippen molar-refractivity contribution in [2.75, 3.05) is 6.54 Å². The molecule has 0 spiro atoms. The van der Waals surface area contributed by atoms with Gasteiger partial charge in [0.1, 0.15) is 5.69 Å². The largest absolute Gasteiger partial charge is 0.381 e. The summed E-state index contributed by atoms with van der Waals surface area (Å²) in [6, 6.07) is 7.71. The lowest BCUT2D eigenvalue weighted by Crippen LogP contribution is -2.41. The van der Waals surface area contributed by atoms with Crippen molar-refractivity contribution in [3.05, 3.63) is 59.4 Å². The zero-order chi connectivity index (χ0) is 21.1. The Morgan fingerprint density at radius 1 is 1.40 bits per heavy atom. The first-order valence-electron chi connectivity index (χ1n) is 10.7. The third-order valence-corrected chi connectivity index (χ3v) is 5.62. The third-order valence-electron chi connectivity index (χ3n) is 5.62. The summed E-state index contributed by atoms with van der Waals surface area (Å²) in [5.41, 5.74) is 4.40. The van der Waals surface area contributed by atoms with Gasteiger partial charge in [0, 0.05) is 24.5 Å². The molecule has 0 aromatic carbocycles. The van der Waals surface area contributed by atoms with Crippen molar-refractivity contribution in [1.82, 2.24) is 25.3 Å². The topological polar surface area (TPSA) is 87.0 Å². The fourth-order valence-electron chi connectivity index (χ4n) is 3.93. The predicted molar refractivity (Wildman–Crippen MR) is 116 cm³/mol. The van der Waals surface area contributed by atoms with Crippen LogP contribution in [-0.2, 0) is 6.54 Å². The molecule has 30 heavy (non-hydrogen) atoms. The minimum Gasteiger partial charge on any atom is -0.381 e. The Kier molecular flexibility index (Phi) is 5.88. The first-order chi connectivity index (χ1) is 14.5. The SMILES string of the molecule is CCN(C(=O)c1cc2ncccc2[nH]1)[C@@H]1C=C(NCc2cc(C(C)C)no2)CCC1. The third kappa shape index (κ3) is 4.25. The molecule has 3 heterocycles. The Morgan fingerprint density at radius 2 is 2.27 bits per heavy atom. The number of likely N-dealkylation sites (N-methyl/N-ethyl adjacent to an activating group) is 1. The predicted octanol–water partition coefficient (Wildman–Crippen LogP) is 4.36. The monoisotopic (exact) mass is 407 g/mol. The highest BCUT2D eigenvalue weighted by Gasteiger charge is 2.26. The molecular formula is C23H29N5O2. The van der Waals surface area contributed by atoms with E-state index in [0.29, 0.717) is 24.7 Å². The van der Waals surface area contributed by atoms with Gasteiger partial charge in [-0.25, -0.2) is 0 Å². The molecule has 0 radical (unpaired) electrons. The Balaban J connectivity index is 1.45. The number of aromatic amines is 1. The molecule has 3 aromatic heterocycles. The first-order valence-corrected chi connectivity index (χ1v) is 10.7. The van der Waals surface area contributed by atoms with E-state index in [-0.39, 0.29) is 11.9 Å². The van der Waals surface area contributed by atoms with Gasteiger partial charge in [-0.3, -0.25) is 9.78 Å². The van der Waals surface area contributed by atoms with Crippen molar-refractivity contribution in [2.45, 2.75) is 58.5 Å². The van der Waals surface area contributed by atoms with Crippen molar-refractivity contribution >= 4 is 16.9 Å². The molecule has 0 unspecified atom stereocenters. The second-order valence-corrected chi connectivity index (χ2v) is 8.09. The number of H-pyrrole nitrogens is 1. The number of allylic oxidation sites excluding steroid dienone is 1. The average Bonchev–Trinajstić information content (AvgIpc) is 3.40. The lowest BCUT2D eigenvalue weighted by molar-refractivity contribution is 0.0706. The molecule has 0 aliphatic heterocycles. The van der Waals surface area contributed by atoms with Crippen molar-refractivity contribution < 1.29 is 9.32 Å². The van der Waals surface area contributed by atoms with Crippen LogP contribution < -0.4 is 5.32 Å². The maximum Gasteiger partial charge on any atom is 0.270 e. The van der Waals surface area contributed by atoms with E-state index in [2.05, 4.69) is 40.4 Å². The number of nitrogens with one attached hydrogen (secondary N) is 2. The minimum atomic E-state index is 0.00908. The summed E-state index contributed by atoms with van der Waals surface area (Å²) < 4.78 is 5.42. The fraction of sp³-hybridized carbons (Fsp3) is 0.435. The molecule has 0 fully saturated rings. The van der Waals surface area contributed by atoms with Crippen LogP contribution in [0.5, 0.6) is 0 Å². The highest BCUT2D eigenvalue weighted by molar-refractivity contribution is 5.97. The van der Waals surface area contributed by atoms with Crippen molar-refractivity contribution in [2.24, 2.45) is 0 Å². The van der Waals surface area contributed by atoms with Crippen LogP contribution in [0.15, 0.2) is 46.8 Å². The van der Waals surface area contributed by atoms with Gasteiger partial charge < -0.3 is 19.7 Å². The summed E-state index contributed by atoms with van der Waals surface area (Å²) in [6.07, 6.45) is 6.90. The zero-order valence-electron chi connectivity index (χ0n) is 17.8.